The van der Waals surface area contributed by atoms with Gasteiger partial charge in [-0.25, -0.2) is 0 Å². The fourth-order valence-corrected chi connectivity index (χ4v) is 2.73. The average Bonchev–Trinajstić information content (AvgIpc) is 3.01. The lowest BCUT2D eigenvalue weighted by Crippen LogP contribution is -2.26. The maximum Gasteiger partial charge on any atom is 0.150 e. The van der Waals surface area contributed by atoms with Gasteiger partial charge in [-0.1, -0.05) is 0 Å². The summed E-state index contributed by atoms with van der Waals surface area (Å²) in [5.74, 6) is 1.06. The third-order valence-corrected chi connectivity index (χ3v) is 3.98. The molecule has 100 valence electrons. The second-order valence-electron chi connectivity index (χ2n) is 4.78. The Bertz CT molecular complexity index is 568. The number of aryl methyl sites for hydroxylation is 1. The Hall–Kier alpha value is -1.56. The van der Waals surface area contributed by atoms with E-state index in [2.05, 4.69) is 42.3 Å². The molecule has 5 nitrogen and oxygen atoms in total. The van der Waals surface area contributed by atoms with Crippen molar-refractivity contribution in [3.63, 3.8) is 0 Å². The number of hydrogen-bond donors (Lipinski definition) is 1. The summed E-state index contributed by atoms with van der Waals surface area (Å²) in [6.07, 6.45) is 6.72. The number of aromatic nitrogens is 3. The lowest BCUT2D eigenvalue weighted by Gasteiger charge is -2.17. The quantitative estimate of drug-likeness (QED) is 0.942. The number of anilines is 2. The molecule has 19 heavy (non-hydrogen) atoms. The van der Waals surface area contributed by atoms with Crippen LogP contribution in [0.3, 0.4) is 0 Å². The summed E-state index contributed by atoms with van der Waals surface area (Å²) < 4.78 is 2.85. The van der Waals surface area contributed by atoms with Crippen molar-refractivity contribution in [2.24, 2.45) is 7.05 Å². The van der Waals surface area contributed by atoms with Crippen LogP contribution in [0, 0.1) is 0 Å². The van der Waals surface area contributed by atoms with Gasteiger partial charge in [-0.15, -0.1) is 0 Å². The topological polar surface area (TPSA) is 46.0 Å². The fourth-order valence-electron chi connectivity index (χ4n) is 2.37. The van der Waals surface area contributed by atoms with E-state index in [1.54, 1.807) is 6.20 Å². The van der Waals surface area contributed by atoms with Gasteiger partial charge in [-0.3, -0.25) is 9.67 Å². The lowest BCUT2D eigenvalue weighted by atomic mass is 10.2. The molecular weight excluding hydrogens is 306 g/mol. The highest BCUT2D eigenvalue weighted by Crippen LogP contribution is 2.24. The average molecular weight is 322 g/mol. The van der Waals surface area contributed by atoms with E-state index in [1.165, 1.54) is 0 Å². The molecule has 0 saturated carbocycles. The molecule has 0 aromatic carbocycles. The third-order valence-electron chi connectivity index (χ3n) is 3.34. The highest BCUT2D eigenvalue weighted by atomic mass is 79.9. The van der Waals surface area contributed by atoms with Gasteiger partial charge >= 0.3 is 0 Å². The molecule has 0 spiro atoms. The number of nitrogens with one attached hydrogen (secondary N) is 1. The number of pyridine rings is 1. The Morgan fingerprint density at radius 3 is 3.05 bits per heavy atom. The summed E-state index contributed by atoms with van der Waals surface area (Å²) in [7, 11) is 1.95. The Morgan fingerprint density at radius 2 is 2.32 bits per heavy atom. The number of nitrogens with zero attached hydrogens (tertiary/aromatic N) is 4. The molecule has 1 unspecified atom stereocenters. The molecule has 1 aliphatic rings. The maximum absolute atomic E-state index is 4.45. The first-order valence-electron chi connectivity index (χ1n) is 6.33. The molecule has 1 N–H and O–H groups in total. The van der Waals surface area contributed by atoms with Crippen LogP contribution in [0.5, 0.6) is 0 Å². The van der Waals surface area contributed by atoms with Crippen LogP contribution in [0.25, 0.3) is 0 Å². The number of rotatable bonds is 3. The summed E-state index contributed by atoms with van der Waals surface area (Å²) in [4.78, 5) is 6.39. The first kappa shape index (κ1) is 12.5. The van der Waals surface area contributed by atoms with Crippen molar-refractivity contribution < 1.29 is 0 Å². The number of hydrogen-bond acceptors (Lipinski definition) is 4. The Kier molecular flexibility index (Phi) is 3.42. The minimum atomic E-state index is 0.445. The predicted octanol–water partition coefficient (Wildman–Crippen LogP) is 2.27. The second kappa shape index (κ2) is 5.21. The number of halogens is 1. The predicted molar refractivity (Wildman–Crippen MR) is 79.4 cm³/mol. The molecule has 1 aliphatic heterocycles. The minimum Gasteiger partial charge on any atom is -0.379 e. The monoisotopic (exact) mass is 321 g/mol. The molecule has 2 aromatic heterocycles. The molecule has 3 rings (SSSR count). The maximum atomic E-state index is 4.45. The minimum absolute atomic E-state index is 0.445. The summed E-state index contributed by atoms with van der Waals surface area (Å²) in [6, 6.07) is 4.50. The SMILES string of the molecule is Cn1ccc(N2CCC(Nc3ccncc3Br)C2)n1. The zero-order valence-electron chi connectivity index (χ0n) is 10.8. The van der Waals surface area contributed by atoms with Crippen LogP contribution in [0.4, 0.5) is 11.5 Å². The smallest absolute Gasteiger partial charge is 0.150 e. The second-order valence-corrected chi connectivity index (χ2v) is 5.63. The van der Waals surface area contributed by atoms with Crippen LogP contribution in [0.1, 0.15) is 6.42 Å². The van der Waals surface area contributed by atoms with Gasteiger partial charge in [0.2, 0.25) is 0 Å². The molecule has 3 heterocycles. The van der Waals surface area contributed by atoms with Gasteiger partial charge < -0.3 is 10.2 Å². The van der Waals surface area contributed by atoms with Crippen molar-refractivity contribution >= 4 is 27.4 Å². The van der Waals surface area contributed by atoms with Crippen LogP contribution in [-0.4, -0.2) is 33.9 Å². The molecular formula is C13H16BrN5. The first-order chi connectivity index (χ1) is 9.22. The van der Waals surface area contributed by atoms with E-state index < -0.39 is 0 Å². The van der Waals surface area contributed by atoms with E-state index in [0.717, 1.165) is 35.5 Å². The van der Waals surface area contributed by atoms with Crippen LogP contribution in [0.2, 0.25) is 0 Å². The zero-order chi connectivity index (χ0) is 13.2. The van der Waals surface area contributed by atoms with Gasteiger partial charge in [0.1, 0.15) is 0 Å². The van der Waals surface area contributed by atoms with Crippen LogP contribution < -0.4 is 10.2 Å². The van der Waals surface area contributed by atoms with Gasteiger partial charge in [0, 0.05) is 50.8 Å². The van der Waals surface area contributed by atoms with Crippen molar-refractivity contribution in [2.45, 2.75) is 12.5 Å². The molecule has 2 aromatic rings. The molecule has 0 radical (unpaired) electrons. The molecule has 1 fully saturated rings. The standard InChI is InChI=1S/C13H16BrN5/c1-18-6-4-13(17-18)19-7-3-10(9-19)16-12-2-5-15-8-11(12)14/h2,4-6,8,10H,3,7,9H2,1H3,(H,15,16). The van der Waals surface area contributed by atoms with Crippen molar-refractivity contribution in [1.29, 1.82) is 0 Å². The van der Waals surface area contributed by atoms with Gasteiger partial charge in [-0.2, -0.15) is 5.10 Å². The lowest BCUT2D eigenvalue weighted by molar-refractivity contribution is 0.753. The van der Waals surface area contributed by atoms with Crippen LogP contribution in [-0.2, 0) is 7.05 Å². The molecule has 6 heteroatoms. The van der Waals surface area contributed by atoms with Gasteiger partial charge in [0.15, 0.2) is 5.82 Å². The van der Waals surface area contributed by atoms with E-state index in [9.17, 15) is 0 Å². The van der Waals surface area contributed by atoms with E-state index in [4.69, 9.17) is 0 Å². The van der Waals surface area contributed by atoms with Gasteiger partial charge in [-0.05, 0) is 28.4 Å². The summed E-state index contributed by atoms with van der Waals surface area (Å²) in [5, 5.41) is 8.00. The highest BCUT2D eigenvalue weighted by molar-refractivity contribution is 9.10. The third kappa shape index (κ3) is 2.73. The van der Waals surface area contributed by atoms with E-state index in [0.29, 0.717) is 6.04 Å². The van der Waals surface area contributed by atoms with Crippen molar-refractivity contribution in [3.8, 4) is 0 Å². The fraction of sp³-hybridized carbons (Fsp3) is 0.385. The largest absolute Gasteiger partial charge is 0.379 e. The van der Waals surface area contributed by atoms with Crippen molar-refractivity contribution in [1.82, 2.24) is 14.8 Å². The Labute approximate surface area is 120 Å². The van der Waals surface area contributed by atoms with Gasteiger partial charge in [0.05, 0.1) is 10.2 Å². The van der Waals surface area contributed by atoms with Gasteiger partial charge in [0.25, 0.3) is 0 Å². The Morgan fingerprint density at radius 1 is 1.42 bits per heavy atom. The van der Waals surface area contributed by atoms with Crippen molar-refractivity contribution in [2.75, 3.05) is 23.3 Å². The first-order valence-corrected chi connectivity index (χ1v) is 7.12. The highest BCUT2D eigenvalue weighted by Gasteiger charge is 2.24. The van der Waals surface area contributed by atoms with Crippen LogP contribution in [0.15, 0.2) is 35.2 Å². The molecule has 1 saturated heterocycles. The normalized spacial score (nSPS) is 18.8. The van der Waals surface area contributed by atoms with Crippen molar-refractivity contribution in [3.05, 3.63) is 35.2 Å². The molecule has 0 bridgehead atoms. The zero-order valence-corrected chi connectivity index (χ0v) is 12.3. The summed E-state index contributed by atoms with van der Waals surface area (Å²) in [5.41, 5.74) is 1.10. The molecule has 0 amide bonds. The van der Waals surface area contributed by atoms with Crippen LogP contribution >= 0.6 is 15.9 Å². The molecule has 1 atom stereocenters. The molecule has 0 aliphatic carbocycles. The summed E-state index contributed by atoms with van der Waals surface area (Å²) >= 11 is 3.51. The summed E-state index contributed by atoms with van der Waals surface area (Å²) in [6.45, 7) is 2.02. The van der Waals surface area contributed by atoms with E-state index in [1.807, 2.05) is 30.2 Å². The van der Waals surface area contributed by atoms with E-state index in [-0.39, 0.29) is 0 Å². The van der Waals surface area contributed by atoms with E-state index >= 15 is 0 Å². The Balaban J connectivity index is 1.65.